The van der Waals surface area contributed by atoms with E-state index < -0.39 is 17.7 Å². The summed E-state index contributed by atoms with van der Waals surface area (Å²) in [5.41, 5.74) is 2.51. The van der Waals surface area contributed by atoms with Gasteiger partial charge in [-0.3, -0.25) is 24.7 Å². The summed E-state index contributed by atoms with van der Waals surface area (Å²) < 4.78 is 0. The first-order valence-corrected chi connectivity index (χ1v) is 4.60. The van der Waals surface area contributed by atoms with E-state index in [-0.39, 0.29) is 6.54 Å². The van der Waals surface area contributed by atoms with Crippen LogP contribution in [0.2, 0.25) is 0 Å². The highest BCUT2D eigenvalue weighted by molar-refractivity contribution is 6.22. The highest BCUT2D eigenvalue weighted by Gasteiger charge is 2.35. The van der Waals surface area contributed by atoms with Crippen LogP contribution < -0.4 is 11.3 Å². The van der Waals surface area contributed by atoms with Crippen LogP contribution in [0.4, 0.5) is 0 Å². The Hall–Kier alpha value is -2.21. The topological polar surface area (TPSA) is 92.5 Å². The van der Waals surface area contributed by atoms with E-state index in [1.807, 2.05) is 5.43 Å². The normalized spacial score (nSPS) is 13.9. The number of fused-ring (bicyclic) bond motifs is 1. The largest absolute Gasteiger partial charge is 0.293 e. The Labute approximate surface area is 91.0 Å². The Kier molecular flexibility index (Phi) is 2.41. The van der Waals surface area contributed by atoms with E-state index in [2.05, 4.69) is 0 Å². The summed E-state index contributed by atoms with van der Waals surface area (Å²) in [6.45, 7) is -0.358. The van der Waals surface area contributed by atoms with Crippen molar-refractivity contribution in [2.45, 2.75) is 0 Å². The minimum atomic E-state index is -0.588. The van der Waals surface area contributed by atoms with Crippen molar-refractivity contribution >= 4 is 17.7 Å². The van der Waals surface area contributed by atoms with Gasteiger partial charge in [0.05, 0.1) is 11.1 Å². The molecule has 6 nitrogen and oxygen atoms in total. The zero-order valence-corrected chi connectivity index (χ0v) is 8.27. The average molecular weight is 219 g/mol. The number of nitrogens with one attached hydrogen (secondary N) is 1. The second-order valence-corrected chi connectivity index (χ2v) is 3.31. The number of imide groups is 1. The average Bonchev–Trinajstić information content (AvgIpc) is 2.55. The van der Waals surface area contributed by atoms with Crippen LogP contribution in [0, 0.1) is 0 Å². The molecule has 0 bridgehead atoms. The zero-order chi connectivity index (χ0) is 11.7. The minimum Gasteiger partial charge on any atom is -0.293 e. The molecule has 1 aromatic rings. The van der Waals surface area contributed by atoms with E-state index in [0.29, 0.717) is 11.1 Å². The third kappa shape index (κ3) is 1.45. The van der Waals surface area contributed by atoms with Crippen molar-refractivity contribution in [3.8, 4) is 0 Å². The predicted molar refractivity (Wildman–Crippen MR) is 54.1 cm³/mol. The third-order valence-electron chi connectivity index (χ3n) is 2.34. The number of hydrogen-bond acceptors (Lipinski definition) is 4. The predicted octanol–water partition coefficient (Wildman–Crippen LogP) is -0.727. The first-order chi connectivity index (χ1) is 7.65. The van der Waals surface area contributed by atoms with E-state index in [9.17, 15) is 14.4 Å². The van der Waals surface area contributed by atoms with Gasteiger partial charge in [0.25, 0.3) is 17.7 Å². The minimum absolute atomic E-state index is 0.317. The second-order valence-electron chi connectivity index (χ2n) is 3.31. The van der Waals surface area contributed by atoms with Gasteiger partial charge in [0, 0.05) is 0 Å². The molecule has 0 atom stereocenters. The lowest BCUT2D eigenvalue weighted by atomic mass is 10.1. The summed E-state index contributed by atoms with van der Waals surface area (Å²) in [7, 11) is 0. The standard InChI is InChI=1S/C10H9N3O3/c11-12-8(14)5-13-9(15)6-3-1-2-4-7(6)10(13)16/h1-4H,5,11H2,(H,12,14). The van der Waals surface area contributed by atoms with Crippen LogP contribution in [0.15, 0.2) is 24.3 Å². The van der Waals surface area contributed by atoms with Crippen molar-refractivity contribution < 1.29 is 14.4 Å². The van der Waals surface area contributed by atoms with Gasteiger partial charge in [0.2, 0.25) is 0 Å². The molecule has 0 radical (unpaired) electrons. The van der Waals surface area contributed by atoms with E-state index in [0.717, 1.165) is 4.90 Å². The summed E-state index contributed by atoms with van der Waals surface area (Å²) >= 11 is 0. The lowest BCUT2D eigenvalue weighted by Crippen LogP contribution is -2.42. The molecule has 6 heteroatoms. The van der Waals surface area contributed by atoms with E-state index in [1.165, 1.54) is 0 Å². The molecule has 0 unspecified atom stereocenters. The van der Waals surface area contributed by atoms with Crippen LogP contribution >= 0.6 is 0 Å². The Bertz CT molecular complexity index is 449. The van der Waals surface area contributed by atoms with Crippen LogP contribution in [0.1, 0.15) is 20.7 Å². The van der Waals surface area contributed by atoms with Crippen LogP contribution in [0.5, 0.6) is 0 Å². The van der Waals surface area contributed by atoms with Gasteiger partial charge in [-0.2, -0.15) is 0 Å². The fourth-order valence-electron chi connectivity index (χ4n) is 1.57. The van der Waals surface area contributed by atoms with Crippen molar-refractivity contribution in [1.82, 2.24) is 10.3 Å². The lowest BCUT2D eigenvalue weighted by molar-refractivity contribution is -0.121. The number of amides is 3. The summed E-state index contributed by atoms with van der Waals surface area (Å²) in [5.74, 6) is 3.37. The molecule has 0 saturated carbocycles. The fourth-order valence-corrected chi connectivity index (χ4v) is 1.57. The van der Waals surface area contributed by atoms with E-state index in [4.69, 9.17) is 5.84 Å². The SMILES string of the molecule is NNC(=O)CN1C(=O)c2ccccc2C1=O. The molecule has 2 rings (SSSR count). The molecule has 3 N–H and O–H groups in total. The van der Waals surface area contributed by atoms with Gasteiger partial charge in [0.1, 0.15) is 6.54 Å². The van der Waals surface area contributed by atoms with Crippen molar-refractivity contribution in [2.75, 3.05) is 6.54 Å². The van der Waals surface area contributed by atoms with E-state index >= 15 is 0 Å². The number of rotatable bonds is 2. The molecule has 0 saturated heterocycles. The summed E-state index contributed by atoms with van der Waals surface area (Å²) in [6.07, 6.45) is 0. The number of hydrogen-bond donors (Lipinski definition) is 2. The molecule has 1 aromatic carbocycles. The van der Waals surface area contributed by atoms with Gasteiger partial charge >= 0.3 is 0 Å². The van der Waals surface area contributed by atoms with E-state index in [1.54, 1.807) is 24.3 Å². The summed E-state index contributed by atoms with van der Waals surface area (Å²) in [6, 6.07) is 6.43. The molecule has 82 valence electrons. The Morgan fingerprint density at radius 2 is 1.69 bits per heavy atom. The molecule has 1 aliphatic rings. The van der Waals surface area contributed by atoms with Crippen molar-refractivity contribution in [3.05, 3.63) is 35.4 Å². The maximum absolute atomic E-state index is 11.7. The number of nitrogens with zero attached hydrogens (tertiary/aromatic N) is 1. The van der Waals surface area contributed by atoms with Crippen molar-refractivity contribution in [3.63, 3.8) is 0 Å². The van der Waals surface area contributed by atoms with Gasteiger partial charge in [-0.15, -0.1) is 0 Å². The number of carbonyl (C=O) groups excluding carboxylic acids is 3. The van der Waals surface area contributed by atoms with Gasteiger partial charge < -0.3 is 0 Å². The van der Waals surface area contributed by atoms with Crippen LogP contribution in [0.25, 0.3) is 0 Å². The number of benzene rings is 1. The molecule has 0 spiro atoms. The highest BCUT2D eigenvalue weighted by Crippen LogP contribution is 2.21. The van der Waals surface area contributed by atoms with Crippen LogP contribution in [-0.2, 0) is 4.79 Å². The molecule has 1 heterocycles. The number of nitrogens with two attached hydrogens (primary N) is 1. The molecule has 0 aromatic heterocycles. The molecule has 3 amide bonds. The lowest BCUT2D eigenvalue weighted by Gasteiger charge is -2.11. The third-order valence-corrected chi connectivity index (χ3v) is 2.34. The molecule has 0 aliphatic carbocycles. The number of carbonyl (C=O) groups is 3. The Balaban J connectivity index is 2.32. The van der Waals surface area contributed by atoms with Gasteiger partial charge in [0.15, 0.2) is 0 Å². The smallest absolute Gasteiger partial charge is 0.262 e. The zero-order valence-electron chi connectivity index (χ0n) is 8.27. The van der Waals surface area contributed by atoms with Gasteiger partial charge in [-0.1, -0.05) is 12.1 Å². The maximum Gasteiger partial charge on any atom is 0.262 e. The second kappa shape index (κ2) is 3.74. The fraction of sp³-hybridized carbons (Fsp3) is 0.100. The number of hydrazine groups is 1. The van der Waals surface area contributed by atoms with Crippen molar-refractivity contribution in [1.29, 1.82) is 0 Å². The monoisotopic (exact) mass is 219 g/mol. The first-order valence-electron chi connectivity index (χ1n) is 4.60. The molecule has 0 fully saturated rings. The van der Waals surface area contributed by atoms with Crippen LogP contribution in [-0.4, -0.2) is 29.2 Å². The Morgan fingerprint density at radius 3 is 2.12 bits per heavy atom. The quantitative estimate of drug-likeness (QED) is 0.297. The highest BCUT2D eigenvalue weighted by atomic mass is 16.2. The van der Waals surface area contributed by atoms with Gasteiger partial charge in [-0.25, -0.2) is 5.84 Å². The molecular weight excluding hydrogens is 210 g/mol. The van der Waals surface area contributed by atoms with Crippen LogP contribution in [0.3, 0.4) is 0 Å². The Morgan fingerprint density at radius 1 is 1.19 bits per heavy atom. The van der Waals surface area contributed by atoms with Gasteiger partial charge in [-0.05, 0) is 12.1 Å². The molecular formula is C10H9N3O3. The molecule has 1 aliphatic heterocycles. The van der Waals surface area contributed by atoms with Crippen molar-refractivity contribution in [2.24, 2.45) is 5.84 Å². The first kappa shape index (κ1) is 10.3. The molecule has 16 heavy (non-hydrogen) atoms. The maximum atomic E-state index is 11.7. The summed E-state index contributed by atoms with van der Waals surface area (Å²) in [4.78, 5) is 35.4. The summed E-state index contributed by atoms with van der Waals surface area (Å²) in [5, 5.41) is 0.